The fraction of sp³-hybridized carbons (Fsp3) is 0.500. The fourth-order valence-electron chi connectivity index (χ4n) is 1.44. The zero-order chi connectivity index (χ0) is 12.7. The number of hydrogen-bond donors (Lipinski definition) is 0. The number of amides is 1. The van der Waals surface area contributed by atoms with Crippen LogP contribution in [0, 0.1) is 5.82 Å². The lowest BCUT2D eigenvalue weighted by Gasteiger charge is -2.20. The van der Waals surface area contributed by atoms with Crippen molar-refractivity contribution in [1.82, 2.24) is 9.88 Å². The van der Waals surface area contributed by atoms with Gasteiger partial charge in [-0.2, -0.15) is 0 Å². The molecule has 94 valence electrons. The van der Waals surface area contributed by atoms with Gasteiger partial charge in [-0.25, -0.2) is 4.39 Å². The summed E-state index contributed by atoms with van der Waals surface area (Å²) in [6.07, 6.45) is 2.45. The molecule has 1 heterocycles. The van der Waals surface area contributed by atoms with Gasteiger partial charge in [-0.1, -0.05) is 0 Å². The molecular formula is C12H17FN2O2. The molecule has 1 aromatic rings. The molecule has 0 aliphatic heterocycles. The van der Waals surface area contributed by atoms with Crippen LogP contribution in [0.4, 0.5) is 4.39 Å². The Morgan fingerprint density at radius 1 is 1.53 bits per heavy atom. The van der Waals surface area contributed by atoms with E-state index in [0.29, 0.717) is 26.3 Å². The summed E-state index contributed by atoms with van der Waals surface area (Å²) < 4.78 is 18.6. The van der Waals surface area contributed by atoms with Crippen LogP contribution in [0.1, 0.15) is 24.2 Å². The molecule has 1 rings (SSSR count). The number of halogens is 1. The highest BCUT2D eigenvalue weighted by Gasteiger charge is 2.17. The Balaban J connectivity index is 2.69. The minimum Gasteiger partial charge on any atom is -0.380 e. The van der Waals surface area contributed by atoms with E-state index in [-0.39, 0.29) is 11.5 Å². The van der Waals surface area contributed by atoms with Gasteiger partial charge in [-0.3, -0.25) is 9.78 Å². The molecule has 0 aliphatic rings. The molecule has 0 N–H and O–H groups in total. The van der Waals surface area contributed by atoms with Crippen molar-refractivity contribution in [3.63, 3.8) is 0 Å². The third-order valence-electron chi connectivity index (χ3n) is 2.38. The molecule has 0 bridgehead atoms. The Bertz CT molecular complexity index is 371. The second-order valence-electron chi connectivity index (χ2n) is 3.44. The van der Waals surface area contributed by atoms with Gasteiger partial charge in [0, 0.05) is 25.9 Å². The van der Waals surface area contributed by atoms with Gasteiger partial charge in [0.1, 0.15) is 0 Å². The van der Waals surface area contributed by atoms with Gasteiger partial charge in [0.25, 0.3) is 5.91 Å². The van der Waals surface area contributed by atoms with Crippen LogP contribution in [-0.2, 0) is 4.74 Å². The van der Waals surface area contributed by atoms with Crippen molar-refractivity contribution in [2.24, 2.45) is 0 Å². The van der Waals surface area contributed by atoms with E-state index in [9.17, 15) is 9.18 Å². The van der Waals surface area contributed by atoms with Gasteiger partial charge in [-0.15, -0.1) is 0 Å². The van der Waals surface area contributed by atoms with E-state index in [0.717, 1.165) is 6.20 Å². The predicted molar refractivity (Wildman–Crippen MR) is 62.3 cm³/mol. The van der Waals surface area contributed by atoms with Gasteiger partial charge < -0.3 is 9.64 Å². The number of nitrogens with zero attached hydrogens (tertiary/aromatic N) is 2. The SMILES string of the molecule is CCOCCN(CC)C(=O)c1ccncc1F. The monoisotopic (exact) mass is 240 g/mol. The summed E-state index contributed by atoms with van der Waals surface area (Å²) >= 11 is 0. The minimum atomic E-state index is -0.590. The summed E-state index contributed by atoms with van der Waals surface area (Å²) in [4.78, 5) is 17.2. The van der Waals surface area contributed by atoms with Crippen molar-refractivity contribution in [3.05, 3.63) is 29.8 Å². The average molecular weight is 240 g/mol. The molecule has 4 nitrogen and oxygen atoms in total. The summed E-state index contributed by atoms with van der Waals surface area (Å²) in [5, 5.41) is 0. The summed E-state index contributed by atoms with van der Waals surface area (Å²) in [5.74, 6) is -0.917. The van der Waals surface area contributed by atoms with Gasteiger partial charge in [0.2, 0.25) is 0 Å². The fourth-order valence-corrected chi connectivity index (χ4v) is 1.44. The number of hydrogen-bond acceptors (Lipinski definition) is 3. The molecular weight excluding hydrogens is 223 g/mol. The molecule has 0 atom stereocenters. The third-order valence-corrected chi connectivity index (χ3v) is 2.38. The minimum absolute atomic E-state index is 0.0540. The maximum atomic E-state index is 13.4. The standard InChI is InChI=1S/C12H17FN2O2/c1-3-15(7-8-17-4-2)12(16)10-5-6-14-9-11(10)13/h5-6,9H,3-4,7-8H2,1-2H3. The van der Waals surface area contributed by atoms with E-state index in [1.807, 2.05) is 13.8 Å². The summed E-state index contributed by atoms with van der Waals surface area (Å²) in [6, 6.07) is 1.39. The Labute approximate surface area is 100 Å². The first-order chi connectivity index (χ1) is 8.20. The molecule has 1 amide bonds. The Morgan fingerprint density at radius 2 is 2.29 bits per heavy atom. The molecule has 0 fully saturated rings. The lowest BCUT2D eigenvalue weighted by molar-refractivity contribution is 0.0664. The van der Waals surface area contributed by atoms with Crippen molar-refractivity contribution in [2.45, 2.75) is 13.8 Å². The predicted octanol–water partition coefficient (Wildman–Crippen LogP) is 1.72. The smallest absolute Gasteiger partial charge is 0.257 e. The number of likely N-dealkylation sites (N-methyl/N-ethyl adjacent to an activating group) is 1. The van der Waals surface area contributed by atoms with Crippen LogP contribution >= 0.6 is 0 Å². The number of rotatable bonds is 6. The van der Waals surface area contributed by atoms with Crippen LogP contribution in [0.5, 0.6) is 0 Å². The summed E-state index contributed by atoms with van der Waals surface area (Å²) in [7, 11) is 0. The number of aromatic nitrogens is 1. The highest BCUT2D eigenvalue weighted by molar-refractivity contribution is 5.94. The van der Waals surface area contributed by atoms with Crippen LogP contribution in [0.15, 0.2) is 18.5 Å². The lowest BCUT2D eigenvalue weighted by Crippen LogP contribution is -2.34. The highest BCUT2D eigenvalue weighted by Crippen LogP contribution is 2.08. The van der Waals surface area contributed by atoms with Crippen molar-refractivity contribution in [2.75, 3.05) is 26.3 Å². The second kappa shape index (κ2) is 6.96. The molecule has 0 radical (unpaired) electrons. The zero-order valence-electron chi connectivity index (χ0n) is 10.1. The highest BCUT2D eigenvalue weighted by atomic mass is 19.1. The van der Waals surface area contributed by atoms with E-state index >= 15 is 0 Å². The Kier molecular flexibility index (Phi) is 5.56. The van der Waals surface area contributed by atoms with E-state index in [1.165, 1.54) is 12.3 Å². The van der Waals surface area contributed by atoms with E-state index in [2.05, 4.69) is 4.98 Å². The van der Waals surface area contributed by atoms with E-state index in [1.54, 1.807) is 4.90 Å². The topological polar surface area (TPSA) is 42.4 Å². The normalized spacial score (nSPS) is 10.3. The maximum Gasteiger partial charge on any atom is 0.257 e. The molecule has 1 aromatic heterocycles. The third kappa shape index (κ3) is 3.78. The van der Waals surface area contributed by atoms with Crippen LogP contribution in [0.2, 0.25) is 0 Å². The quantitative estimate of drug-likeness (QED) is 0.711. The first-order valence-electron chi connectivity index (χ1n) is 5.67. The second-order valence-corrected chi connectivity index (χ2v) is 3.44. The number of carbonyl (C=O) groups excluding carboxylic acids is 1. The van der Waals surface area contributed by atoms with Crippen LogP contribution in [0.3, 0.4) is 0 Å². The van der Waals surface area contributed by atoms with Gasteiger partial charge in [-0.05, 0) is 19.9 Å². The van der Waals surface area contributed by atoms with Gasteiger partial charge in [0.05, 0.1) is 18.4 Å². The van der Waals surface area contributed by atoms with Gasteiger partial charge >= 0.3 is 0 Å². The lowest BCUT2D eigenvalue weighted by atomic mass is 10.2. The van der Waals surface area contributed by atoms with Gasteiger partial charge in [0.15, 0.2) is 5.82 Å². The molecule has 17 heavy (non-hydrogen) atoms. The first-order valence-corrected chi connectivity index (χ1v) is 5.67. The van der Waals surface area contributed by atoms with Crippen LogP contribution < -0.4 is 0 Å². The molecule has 0 saturated heterocycles. The summed E-state index contributed by atoms with van der Waals surface area (Å²) in [6.45, 7) is 5.79. The molecule has 0 unspecified atom stereocenters. The molecule has 5 heteroatoms. The van der Waals surface area contributed by atoms with Crippen molar-refractivity contribution in [3.8, 4) is 0 Å². The largest absolute Gasteiger partial charge is 0.380 e. The van der Waals surface area contributed by atoms with Crippen molar-refractivity contribution in [1.29, 1.82) is 0 Å². The van der Waals surface area contributed by atoms with E-state index in [4.69, 9.17) is 4.74 Å². The average Bonchev–Trinajstić information content (AvgIpc) is 2.35. The Morgan fingerprint density at radius 3 is 2.88 bits per heavy atom. The Hall–Kier alpha value is -1.49. The molecule has 0 aliphatic carbocycles. The number of ether oxygens (including phenoxy) is 1. The zero-order valence-corrected chi connectivity index (χ0v) is 10.1. The van der Waals surface area contributed by atoms with Crippen molar-refractivity contribution < 1.29 is 13.9 Å². The molecule has 0 aromatic carbocycles. The summed E-state index contributed by atoms with van der Waals surface area (Å²) in [5.41, 5.74) is 0.0540. The maximum absolute atomic E-state index is 13.4. The van der Waals surface area contributed by atoms with Crippen LogP contribution in [-0.4, -0.2) is 42.1 Å². The van der Waals surface area contributed by atoms with Crippen molar-refractivity contribution >= 4 is 5.91 Å². The molecule has 0 saturated carbocycles. The first kappa shape index (κ1) is 13.6. The van der Waals surface area contributed by atoms with Crippen LogP contribution in [0.25, 0.3) is 0 Å². The molecule has 0 spiro atoms. The number of carbonyl (C=O) groups is 1. The number of pyridine rings is 1. The van der Waals surface area contributed by atoms with E-state index < -0.39 is 5.82 Å².